The largest absolute Gasteiger partial charge is 0.492 e. The van der Waals surface area contributed by atoms with Gasteiger partial charge in [-0.25, -0.2) is 17.5 Å². The van der Waals surface area contributed by atoms with Crippen LogP contribution in [0.25, 0.3) is 5.69 Å². The highest BCUT2D eigenvalue weighted by Crippen LogP contribution is 2.39. The van der Waals surface area contributed by atoms with Crippen molar-refractivity contribution in [2.45, 2.75) is 52.0 Å². The summed E-state index contributed by atoms with van der Waals surface area (Å²) < 4.78 is 47.3. The van der Waals surface area contributed by atoms with Gasteiger partial charge in [-0.2, -0.15) is 5.10 Å². The number of carbonyl (C=O) groups is 1. The molecule has 0 saturated heterocycles. The van der Waals surface area contributed by atoms with Gasteiger partial charge in [0.05, 0.1) is 60.0 Å². The molecule has 236 valence electrons. The third-order valence-corrected chi connectivity index (χ3v) is 8.21. The topological polar surface area (TPSA) is 131 Å². The first-order valence-corrected chi connectivity index (χ1v) is 16.2. The van der Waals surface area contributed by atoms with E-state index in [0.717, 1.165) is 23.1 Å². The number of methoxy groups -OCH3 is 1. The maximum atomic E-state index is 13.6. The van der Waals surface area contributed by atoms with Crippen LogP contribution >= 0.6 is 0 Å². The van der Waals surface area contributed by atoms with Gasteiger partial charge >= 0.3 is 0 Å². The zero-order valence-electron chi connectivity index (χ0n) is 26.2. The van der Waals surface area contributed by atoms with E-state index in [1.165, 1.54) is 19.2 Å². The van der Waals surface area contributed by atoms with Crippen LogP contribution in [0.4, 0.5) is 21.5 Å². The smallest absolute Gasteiger partial charge is 0.255 e. The Morgan fingerprint density at radius 1 is 1.04 bits per heavy atom. The fraction of sp³-hybridized carbons (Fsp3) is 0.312. The Kier molecular flexibility index (Phi) is 8.41. The number of nitrogens with one attached hydrogen (secondary N) is 2. The van der Waals surface area contributed by atoms with E-state index in [1.807, 2.05) is 51.9 Å². The van der Waals surface area contributed by atoms with E-state index in [2.05, 4.69) is 25.5 Å². The Hall–Kier alpha value is -4.78. The van der Waals surface area contributed by atoms with Crippen LogP contribution in [0.5, 0.6) is 5.75 Å². The SMILES string of the molecule is COc1c(NC(=O)c2ccc(C)c(-n3cc(C4C=NN(c5ccc(F)cc5)C4C)nn3)c2)cc(C(C)(C)C)cc1NS(C)(=O)=O. The molecule has 2 atom stereocenters. The number of hydrogen-bond acceptors (Lipinski definition) is 8. The maximum Gasteiger partial charge on any atom is 0.255 e. The highest BCUT2D eigenvalue weighted by Gasteiger charge is 2.32. The highest BCUT2D eigenvalue weighted by molar-refractivity contribution is 7.92. The lowest BCUT2D eigenvalue weighted by Gasteiger charge is -2.24. The van der Waals surface area contributed by atoms with Gasteiger partial charge in [0.1, 0.15) is 5.82 Å². The van der Waals surface area contributed by atoms with Gasteiger partial charge in [0.15, 0.2) is 5.75 Å². The Morgan fingerprint density at radius 2 is 1.73 bits per heavy atom. The molecule has 0 radical (unpaired) electrons. The van der Waals surface area contributed by atoms with Crippen molar-refractivity contribution in [1.82, 2.24) is 15.0 Å². The van der Waals surface area contributed by atoms with Gasteiger partial charge in [-0.15, -0.1) is 5.10 Å². The molecule has 2 N–H and O–H groups in total. The number of hydrogen-bond donors (Lipinski definition) is 2. The third kappa shape index (κ3) is 6.83. The number of benzene rings is 3. The lowest BCUT2D eigenvalue weighted by atomic mass is 9.86. The van der Waals surface area contributed by atoms with E-state index < -0.39 is 15.9 Å². The molecular formula is C32H36FN7O4S. The molecule has 45 heavy (non-hydrogen) atoms. The minimum Gasteiger partial charge on any atom is -0.492 e. The zero-order valence-corrected chi connectivity index (χ0v) is 27.0. The average molecular weight is 634 g/mol. The molecule has 11 nitrogen and oxygen atoms in total. The molecule has 1 amide bonds. The molecule has 0 spiro atoms. The fourth-order valence-corrected chi connectivity index (χ4v) is 5.69. The van der Waals surface area contributed by atoms with Crippen LogP contribution in [0, 0.1) is 12.7 Å². The van der Waals surface area contributed by atoms with Crippen molar-refractivity contribution < 1.29 is 22.3 Å². The van der Waals surface area contributed by atoms with E-state index in [4.69, 9.17) is 4.74 Å². The molecular weight excluding hydrogens is 597 g/mol. The summed E-state index contributed by atoms with van der Waals surface area (Å²) in [5.41, 5.74) is 4.35. The number of anilines is 3. The maximum absolute atomic E-state index is 13.6. The summed E-state index contributed by atoms with van der Waals surface area (Å²) >= 11 is 0. The molecule has 2 unspecified atom stereocenters. The van der Waals surface area contributed by atoms with E-state index in [-0.39, 0.29) is 34.6 Å². The van der Waals surface area contributed by atoms with Gasteiger partial charge in [-0.05, 0) is 78.9 Å². The number of halogens is 1. The summed E-state index contributed by atoms with van der Waals surface area (Å²) in [6, 6.07) is 14.8. The average Bonchev–Trinajstić information content (AvgIpc) is 3.59. The van der Waals surface area contributed by atoms with Gasteiger partial charge in [0.2, 0.25) is 10.0 Å². The normalized spacial score (nSPS) is 16.6. The molecule has 0 fully saturated rings. The van der Waals surface area contributed by atoms with Crippen molar-refractivity contribution in [2.24, 2.45) is 5.10 Å². The second kappa shape index (κ2) is 12.0. The zero-order chi connectivity index (χ0) is 32.7. The summed E-state index contributed by atoms with van der Waals surface area (Å²) in [6.45, 7) is 9.88. The molecule has 0 saturated carbocycles. The first-order valence-electron chi connectivity index (χ1n) is 14.3. The third-order valence-electron chi connectivity index (χ3n) is 7.62. The quantitative estimate of drug-likeness (QED) is 0.257. The van der Waals surface area contributed by atoms with Crippen molar-refractivity contribution in [3.05, 3.63) is 89.0 Å². The van der Waals surface area contributed by atoms with Crippen LogP contribution < -0.4 is 19.8 Å². The molecule has 0 aliphatic carbocycles. The standard InChI is InChI=1S/C32H36FN7O4S/c1-19-8-9-21(31(41)35-26-15-22(32(3,4)5)16-27(30(26)44-6)37-45(7,42)43)14-29(19)39-18-28(36-38-39)25-17-34-40(20(25)2)24-12-10-23(33)11-13-24/h8-18,20,25,37H,1-7H3,(H,35,41). The molecule has 1 aromatic heterocycles. The van der Waals surface area contributed by atoms with Crippen molar-refractivity contribution in [2.75, 3.05) is 28.4 Å². The van der Waals surface area contributed by atoms with E-state index >= 15 is 0 Å². The number of sulfonamides is 1. The van der Waals surface area contributed by atoms with E-state index in [0.29, 0.717) is 22.6 Å². The molecule has 1 aliphatic rings. The van der Waals surface area contributed by atoms with Crippen LogP contribution in [0.15, 0.2) is 65.9 Å². The first-order chi connectivity index (χ1) is 21.1. The molecule has 3 aromatic carbocycles. The molecule has 1 aliphatic heterocycles. The Morgan fingerprint density at radius 3 is 2.38 bits per heavy atom. The van der Waals surface area contributed by atoms with Crippen LogP contribution in [0.3, 0.4) is 0 Å². The lowest BCUT2D eigenvalue weighted by molar-refractivity contribution is 0.102. The number of rotatable bonds is 8. The van der Waals surface area contributed by atoms with Crippen LogP contribution in [-0.4, -0.2) is 54.9 Å². The van der Waals surface area contributed by atoms with E-state index in [1.54, 1.807) is 47.3 Å². The van der Waals surface area contributed by atoms with Gasteiger partial charge < -0.3 is 10.1 Å². The molecule has 5 rings (SSSR count). The van der Waals surface area contributed by atoms with E-state index in [9.17, 15) is 17.6 Å². The predicted molar refractivity (Wildman–Crippen MR) is 174 cm³/mol. The molecule has 4 aromatic rings. The van der Waals surface area contributed by atoms with Crippen molar-refractivity contribution >= 4 is 39.2 Å². The number of aromatic nitrogens is 3. The molecule has 13 heteroatoms. The number of nitrogens with zero attached hydrogens (tertiary/aromatic N) is 5. The summed E-state index contributed by atoms with van der Waals surface area (Å²) in [4.78, 5) is 13.6. The molecule has 0 bridgehead atoms. The summed E-state index contributed by atoms with van der Waals surface area (Å²) in [6.07, 6.45) is 4.66. The Labute approximate surface area is 262 Å². The van der Waals surface area contributed by atoms with Gasteiger partial charge in [-0.1, -0.05) is 32.1 Å². The minimum absolute atomic E-state index is 0.0836. The monoisotopic (exact) mass is 633 g/mol. The van der Waals surface area contributed by atoms with Crippen LogP contribution in [-0.2, 0) is 15.4 Å². The number of aryl methyl sites for hydroxylation is 1. The second-order valence-electron chi connectivity index (χ2n) is 12.1. The predicted octanol–water partition coefficient (Wildman–Crippen LogP) is 5.62. The highest BCUT2D eigenvalue weighted by atomic mass is 32.2. The molecule has 2 heterocycles. The summed E-state index contributed by atoms with van der Waals surface area (Å²) in [5, 5.41) is 18.0. The summed E-state index contributed by atoms with van der Waals surface area (Å²) in [5.74, 6) is -0.700. The van der Waals surface area contributed by atoms with Crippen LogP contribution in [0.2, 0.25) is 0 Å². The minimum atomic E-state index is -3.62. The number of ether oxygens (including phenoxy) is 1. The first kappa shape index (κ1) is 31.6. The fourth-order valence-electron chi connectivity index (χ4n) is 5.13. The van der Waals surface area contributed by atoms with Gasteiger partial charge in [-0.3, -0.25) is 14.5 Å². The van der Waals surface area contributed by atoms with Crippen molar-refractivity contribution in [3.63, 3.8) is 0 Å². The number of hydrazone groups is 1. The van der Waals surface area contributed by atoms with Gasteiger partial charge in [0.25, 0.3) is 5.91 Å². The number of carbonyl (C=O) groups excluding carboxylic acids is 1. The Balaban J connectivity index is 1.41. The van der Waals surface area contributed by atoms with Crippen molar-refractivity contribution in [3.8, 4) is 11.4 Å². The lowest BCUT2D eigenvalue weighted by Crippen LogP contribution is -2.28. The number of amides is 1. The van der Waals surface area contributed by atoms with Crippen molar-refractivity contribution in [1.29, 1.82) is 0 Å². The summed E-state index contributed by atoms with van der Waals surface area (Å²) in [7, 11) is -2.21. The second-order valence-corrected chi connectivity index (χ2v) is 13.9. The van der Waals surface area contributed by atoms with Crippen LogP contribution in [0.1, 0.15) is 60.8 Å². The Bertz CT molecular complexity index is 1880. The van der Waals surface area contributed by atoms with Gasteiger partial charge in [0, 0.05) is 11.8 Å².